The van der Waals surface area contributed by atoms with Gasteiger partial charge >= 0.3 is 0 Å². The normalized spacial score (nSPS) is 13.2. The van der Waals surface area contributed by atoms with E-state index in [9.17, 15) is 0 Å². The van der Waals surface area contributed by atoms with Crippen molar-refractivity contribution < 1.29 is 0 Å². The lowest BCUT2D eigenvalue weighted by atomic mass is 10.0. The standard InChI is InChI=1S/C14H17N/c1-5-9-11-12(10-6-2)13(7-3)14(15)8-4/h5-11H,1-4,15H2/b11-9-,12-10+,14-13-. The van der Waals surface area contributed by atoms with Gasteiger partial charge in [-0.05, 0) is 11.6 Å². The van der Waals surface area contributed by atoms with Gasteiger partial charge in [0, 0.05) is 11.3 Å². The Hall–Kier alpha value is -2.02. The first kappa shape index (κ1) is 13.0. The third-order valence-corrected chi connectivity index (χ3v) is 1.76. The summed E-state index contributed by atoms with van der Waals surface area (Å²) in [5.41, 5.74) is 8.14. The van der Waals surface area contributed by atoms with Gasteiger partial charge in [0.15, 0.2) is 0 Å². The third-order valence-electron chi connectivity index (χ3n) is 1.76. The van der Waals surface area contributed by atoms with E-state index in [0.717, 1.165) is 11.1 Å². The summed E-state index contributed by atoms with van der Waals surface area (Å²) < 4.78 is 0. The summed E-state index contributed by atoms with van der Waals surface area (Å²) in [6, 6.07) is 0. The van der Waals surface area contributed by atoms with E-state index in [-0.39, 0.29) is 0 Å². The summed E-state index contributed by atoms with van der Waals surface area (Å²) in [4.78, 5) is 0. The van der Waals surface area contributed by atoms with E-state index >= 15 is 0 Å². The number of rotatable bonds is 6. The van der Waals surface area contributed by atoms with Gasteiger partial charge in [-0.1, -0.05) is 62.8 Å². The molecule has 0 saturated carbocycles. The fourth-order valence-electron chi connectivity index (χ4n) is 1.05. The highest BCUT2D eigenvalue weighted by Crippen LogP contribution is 2.16. The lowest BCUT2D eigenvalue weighted by Crippen LogP contribution is -1.99. The van der Waals surface area contributed by atoms with E-state index in [1.807, 2.05) is 18.2 Å². The summed E-state index contributed by atoms with van der Waals surface area (Å²) in [5, 5.41) is 0. The fourth-order valence-corrected chi connectivity index (χ4v) is 1.05. The van der Waals surface area contributed by atoms with Gasteiger partial charge in [0.1, 0.15) is 0 Å². The molecule has 1 nitrogen and oxygen atoms in total. The van der Waals surface area contributed by atoms with Crippen molar-refractivity contribution in [1.82, 2.24) is 0 Å². The SMILES string of the molecule is C=C\C=C/C(=C\C=C)C(/C=C)=C(\N)C=C. The molecule has 0 radical (unpaired) electrons. The van der Waals surface area contributed by atoms with Gasteiger partial charge in [-0.15, -0.1) is 0 Å². The van der Waals surface area contributed by atoms with Gasteiger partial charge in [-0.2, -0.15) is 0 Å². The van der Waals surface area contributed by atoms with Crippen molar-refractivity contribution in [2.75, 3.05) is 0 Å². The molecule has 0 aromatic heterocycles. The molecule has 0 unspecified atom stereocenters. The first-order chi connectivity index (χ1) is 7.21. The minimum Gasteiger partial charge on any atom is -0.398 e. The lowest BCUT2D eigenvalue weighted by molar-refractivity contribution is 1.35. The van der Waals surface area contributed by atoms with Crippen LogP contribution in [-0.4, -0.2) is 0 Å². The second-order valence-corrected chi connectivity index (χ2v) is 2.73. The topological polar surface area (TPSA) is 26.0 Å². The maximum Gasteiger partial charge on any atom is 0.0387 e. The highest BCUT2D eigenvalue weighted by molar-refractivity contribution is 5.51. The zero-order valence-corrected chi connectivity index (χ0v) is 8.95. The molecule has 0 bridgehead atoms. The zero-order valence-electron chi connectivity index (χ0n) is 8.95. The summed E-state index contributed by atoms with van der Waals surface area (Å²) in [7, 11) is 0. The number of hydrogen-bond acceptors (Lipinski definition) is 1. The monoisotopic (exact) mass is 199 g/mol. The van der Waals surface area contributed by atoms with Crippen LogP contribution in [0.15, 0.2) is 85.7 Å². The van der Waals surface area contributed by atoms with E-state index in [1.54, 1.807) is 24.3 Å². The summed E-state index contributed by atoms with van der Waals surface area (Å²) in [5.74, 6) is 0. The molecule has 0 aliphatic carbocycles. The lowest BCUT2D eigenvalue weighted by Gasteiger charge is -2.05. The predicted octanol–water partition coefficient (Wildman–Crippen LogP) is 3.43. The molecule has 0 rings (SSSR count). The Morgan fingerprint density at radius 2 is 1.60 bits per heavy atom. The van der Waals surface area contributed by atoms with E-state index < -0.39 is 0 Å². The second kappa shape index (κ2) is 7.39. The third kappa shape index (κ3) is 4.14. The summed E-state index contributed by atoms with van der Waals surface area (Å²) in [6.07, 6.45) is 12.3. The molecule has 1 heteroatoms. The average Bonchev–Trinajstić information content (AvgIpc) is 2.26. The van der Waals surface area contributed by atoms with Crippen LogP contribution < -0.4 is 5.73 Å². The van der Waals surface area contributed by atoms with Crippen molar-refractivity contribution in [3.05, 3.63) is 85.7 Å². The Labute approximate surface area is 92.0 Å². The van der Waals surface area contributed by atoms with Crippen LogP contribution in [0.1, 0.15) is 0 Å². The highest BCUT2D eigenvalue weighted by Gasteiger charge is 2.00. The molecular formula is C14H17N. The Balaban J connectivity index is 5.41. The van der Waals surface area contributed by atoms with Crippen molar-refractivity contribution in [1.29, 1.82) is 0 Å². The molecule has 0 aromatic rings. The molecule has 0 amide bonds. The van der Waals surface area contributed by atoms with Crippen molar-refractivity contribution >= 4 is 0 Å². The summed E-state index contributed by atoms with van der Waals surface area (Å²) in [6.45, 7) is 14.6. The van der Waals surface area contributed by atoms with Crippen molar-refractivity contribution in [2.24, 2.45) is 5.73 Å². The number of allylic oxidation sites excluding steroid dienone is 9. The zero-order chi connectivity index (χ0) is 11.7. The van der Waals surface area contributed by atoms with Crippen LogP contribution in [-0.2, 0) is 0 Å². The van der Waals surface area contributed by atoms with Gasteiger partial charge < -0.3 is 5.73 Å². The van der Waals surface area contributed by atoms with Crippen LogP contribution in [0.5, 0.6) is 0 Å². The Kier molecular flexibility index (Phi) is 6.39. The Morgan fingerprint density at radius 3 is 2.00 bits per heavy atom. The minimum absolute atomic E-state index is 0.590. The second-order valence-electron chi connectivity index (χ2n) is 2.73. The minimum atomic E-state index is 0.590. The van der Waals surface area contributed by atoms with E-state index in [2.05, 4.69) is 26.3 Å². The van der Waals surface area contributed by atoms with Crippen molar-refractivity contribution in [3.63, 3.8) is 0 Å². The average molecular weight is 199 g/mol. The van der Waals surface area contributed by atoms with E-state index in [0.29, 0.717) is 5.70 Å². The molecule has 0 heterocycles. The van der Waals surface area contributed by atoms with Gasteiger partial charge in [0.05, 0.1) is 0 Å². The van der Waals surface area contributed by atoms with Gasteiger partial charge in [0.25, 0.3) is 0 Å². The van der Waals surface area contributed by atoms with Crippen LogP contribution in [0.25, 0.3) is 0 Å². The molecule has 0 spiro atoms. The van der Waals surface area contributed by atoms with Crippen LogP contribution in [0.2, 0.25) is 0 Å². The molecule has 0 aliphatic heterocycles. The van der Waals surface area contributed by atoms with Gasteiger partial charge in [-0.3, -0.25) is 0 Å². The van der Waals surface area contributed by atoms with Gasteiger partial charge in [0.2, 0.25) is 0 Å². The molecule has 0 atom stereocenters. The van der Waals surface area contributed by atoms with Crippen molar-refractivity contribution in [3.8, 4) is 0 Å². The maximum absolute atomic E-state index is 5.79. The molecule has 0 aromatic carbocycles. The smallest absolute Gasteiger partial charge is 0.0387 e. The molecule has 78 valence electrons. The maximum atomic E-state index is 5.79. The van der Waals surface area contributed by atoms with E-state index in [4.69, 9.17) is 5.73 Å². The van der Waals surface area contributed by atoms with Crippen molar-refractivity contribution in [2.45, 2.75) is 0 Å². The predicted molar refractivity (Wildman–Crippen MR) is 69.2 cm³/mol. The van der Waals surface area contributed by atoms with Crippen LogP contribution in [0.3, 0.4) is 0 Å². The number of hydrogen-bond donors (Lipinski definition) is 1. The number of nitrogens with two attached hydrogens (primary N) is 1. The van der Waals surface area contributed by atoms with Gasteiger partial charge in [-0.25, -0.2) is 0 Å². The quantitative estimate of drug-likeness (QED) is 0.652. The van der Waals surface area contributed by atoms with E-state index in [1.165, 1.54) is 0 Å². The molecular weight excluding hydrogens is 182 g/mol. The Morgan fingerprint density at radius 1 is 0.933 bits per heavy atom. The Bertz CT molecular complexity index is 352. The summed E-state index contributed by atoms with van der Waals surface area (Å²) >= 11 is 0. The highest BCUT2D eigenvalue weighted by atomic mass is 14.6. The molecule has 0 saturated heterocycles. The molecule has 15 heavy (non-hydrogen) atoms. The molecule has 0 fully saturated rings. The van der Waals surface area contributed by atoms with Crippen LogP contribution >= 0.6 is 0 Å². The molecule has 0 aliphatic rings. The van der Waals surface area contributed by atoms with Crippen LogP contribution in [0.4, 0.5) is 0 Å². The first-order valence-electron chi connectivity index (χ1n) is 4.58. The van der Waals surface area contributed by atoms with Crippen LogP contribution in [0, 0.1) is 0 Å². The largest absolute Gasteiger partial charge is 0.398 e. The first-order valence-corrected chi connectivity index (χ1v) is 4.58. The molecule has 2 N–H and O–H groups in total. The fraction of sp³-hybridized carbons (Fsp3) is 0.